The largest absolute Gasteiger partial charge is 0.354 e. The van der Waals surface area contributed by atoms with Gasteiger partial charge in [0.2, 0.25) is 5.91 Å². The molecule has 5 heteroatoms. The lowest BCUT2D eigenvalue weighted by molar-refractivity contribution is -0.115. The molecule has 3 N–H and O–H groups in total. The van der Waals surface area contributed by atoms with Crippen molar-refractivity contribution in [2.45, 2.75) is 46.6 Å². The predicted octanol–water partition coefficient (Wildman–Crippen LogP) is 3.00. The summed E-state index contributed by atoms with van der Waals surface area (Å²) in [5.41, 5.74) is 1.11. The number of rotatable bonds is 6. The lowest BCUT2D eigenvalue weighted by atomic mass is 9.89. The molecule has 128 valence electrons. The van der Waals surface area contributed by atoms with Crippen LogP contribution in [0, 0.1) is 5.41 Å². The smallest absolute Gasteiger partial charge is 0.243 e. The first kappa shape index (κ1) is 19.0. The SMILES string of the molecule is CN=C(NCC(=O)Nc1ccccc1)NC(C)CCC(C)(C)C. The summed E-state index contributed by atoms with van der Waals surface area (Å²) in [6.45, 7) is 9.02. The van der Waals surface area contributed by atoms with E-state index in [9.17, 15) is 4.79 Å². The zero-order valence-corrected chi connectivity index (χ0v) is 14.9. The van der Waals surface area contributed by atoms with Crippen LogP contribution in [0.4, 0.5) is 5.69 Å². The van der Waals surface area contributed by atoms with Crippen LogP contribution in [-0.4, -0.2) is 31.5 Å². The van der Waals surface area contributed by atoms with E-state index in [1.54, 1.807) is 7.05 Å². The van der Waals surface area contributed by atoms with Gasteiger partial charge in [0.1, 0.15) is 0 Å². The maximum Gasteiger partial charge on any atom is 0.243 e. The van der Waals surface area contributed by atoms with Crippen molar-refractivity contribution >= 4 is 17.6 Å². The topological polar surface area (TPSA) is 65.5 Å². The number of nitrogens with one attached hydrogen (secondary N) is 3. The summed E-state index contributed by atoms with van der Waals surface area (Å²) in [6, 6.07) is 9.72. The van der Waals surface area contributed by atoms with Crippen molar-refractivity contribution in [1.29, 1.82) is 0 Å². The molecule has 0 saturated heterocycles. The van der Waals surface area contributed by atoms with Crippen LogP contribution in [0.1, 0.15) is 40.5 Å². The van der Waals surface area contributed by atoms with Gasteiger partial charge in [0, 0.05) is 18.8 Å². The molecule has 0 aliphatic heterocycles. The molecular weight excluding hydrogens is 288 g/mol. The lowest BCUT2D eigenvalue weighted by Gasteiger charge is -2.23. The van der Waals surface area contributed by atoms with Crippen molar-refractivity contribution in [3.05, 3.63) is 30.3 Å². The fourth-order valence-electron chi connectivity index (χ4n) is 2.04. The number of hydrogen-bond donors (Lipinski definition) is 3. The molecule has 0 saturated carbocycles. The van der Waals surface area contributed by atoms with Crippen molar-refractivity contribution < 1.29 is 4.79 Å². The molecule has 5 nitrogen and oxygen atoms in total. The van der Waals surface area contributed by atoms with E-state index in [0.717, 1.165) is 18.5 Å². The number of anilines is 1. The van der Waals surface area contributed by atoms with Gasteiger partial charge in [0.25, 0.3) is 0 Å². The van der Waals surface area contributed by atoms with Crippen LogP contribution in [0.15, 0.2) is 35.3 Å². The van der Waals surface area contributed by atoms with E-state index in [2.05, 4.69) is 48.6 Å². The number of amides is 1. The van der Waals surface area contributed by atoms with Crippen molar-refractivity contribution in [3.63, 3.8) is 0 Å². The molecule has 0 spiro atoms. The number of hydrogen-bond acceptors (Lipinski definition) is 2. The summed E-state index contributed by atoms with van der Waals surface area (Å²) < 4.78 is 0. The summed E-state index contributed by atoms with van der Waals surface area (Å²) in [6.07, 6.45) is 2.19. The second-order valence-corrected chi connectivity index (χ2v) is 6.98. The van der Waals surface area contributed by atoms with Crippen LogP contribution in [0.5, 0.6) is 0 Å². The highest BCUT2D eigenvalue weighted by molar-refractivity contribution is 5.94. The minimum atomic E-state index is -0.0958. The minimum Gasteiger partial charge on any atom is -0.354 e. The van der Waals surface area contributed by atoms with Crippen molar-refractivity contribution in [3.8, 4) is 0 Å². The Hall–Kier alpha value is -2.04. The quantitative estimate of drug-likeness (QED) is 0.558. The molecule has 1 unspecified atom stereocenters. The molecule has 0 aliphatic carbocycles. The Morgan fingerprint density at radius 3 is 2.43 bits per heavy atom. The van der Waals surface area contributed by atoms with Gasteiger partial charge in [-0.3, -0.25) is 9.79 Å². The van der Waals surface area contributed by atoms with Gasteiger partial charge in [-0.1, -0.05) is 39.0 Å². The van der Waals surface area contributed by atoms with E-state index in [-0.39, 0.29) is 12.5 Å². The maximum absolute atomic E-state index is 11.9. The van der Waals surface area contributed by atoms with Gasteiger partial charge in [-0.25, -0.2) is 0 Å². The average molecular weight is 318 g/mol. The predicted molar refractivity (Wildman–Crippen MR) is 97.7 cm³/mol. The van der Waals surface area contributed by atoms with Gasteiger partial charge in [-0.15, -0.1) is 0 Å². The molecular formula is C18H30N4O. The molecule has 1 aromatic carbocycles. The molecule has 0 aliphatic rings. The van der Waals surface area contributed by atoms with E-state index in [4.69, 9.17) is 0 Å². The van der Waals surface area contributed by atoms with E-state index in [1.807, 2.05) is 30.3 Å². The number of para-hydroxylation sites is 1. The third-order valence-electron chi connectivity index (χ3n) is 3.41. The summed E-state index contributed by atoms with van der Waals surface area (Å²) in [5, 5.41) is 9.20. The van der Waals surface area contributed by atoms with E-state index in [1.165, 1.54) is 0 Å². The van der Waals surface area contributed by atoms with Gasteiger partial charge in [-0.05, 0) is 37.3 Å². The molecule has 1 aromatic rings. The van der Waals surface area contributed by atoms with Crippen LogP contribution >= 0.6 is 0 Å². The van der Waals surface area contributed by atoms with Crippen LogP contribution < -0.4 is 16.0 Å². The van der Waals surface area contributed by atoms with Crippen molar-refractivity contribution in [2.24, 2.45) is 10.4 Å². The Labute approximate surface area is 140 Å². The molecule has 0 fully saturated rings. The van der Waals surface area contributed by atoms with E-state index >= 15 is 0 Å². The van der Waals surface area contributed by atoms with Crippen LogP contribution in [0.2, 0.25) is 0 Å². The molecule has 1 amide bonds. The number of guanidine groups is 1. The highest BCUT2D eigenvalue weighted by Gasteiger charge is 2.13. The first-order valence-corrected chi connectivity index (χ1v) is 8.12. The minimum absolute atomic E-state index is 0.0958. The molecule has 0 radical (unpaired) electrons. The summed E-state index contributed by atoms with van der Waals surface area (Å²) in [7, 11) is 1.71. The normalized spacial score (nSPS) is 13.3. The highest BCUT2D eigenvalue weighted by Crippen LogP contribution is 2.21. The Kier molecular flexibility index (Phi) is 7.59. The maximum atomic E-state index is 11.9. The van der Waals surface area contributed by atoms with Gasteiger partial charge in [0.05, 0.1) is 6.54 Å². The molecule has 23 heavy (non-hydrogen) atoms. The number of aliphatic imine (C=N–C) groups is 1. The molecule has 1 rings (SSSR count). The summed E-state index contributed by atoms with van der Waals surface area (Å²) >= 11 is 0. The summed E-state index contributed by atoms with van der Waals surface area (Å²) in [4.78, 5) is 16.1. The number of carbonyl (C=O) groups is 1. The molecule has 0 heterocycles. The Morgan fingerprint density at radius 1 is 1.22 bits per heavy atom. The standard InChI is InChI=1S/C18H30N4O/c1-14(11-12-18(2,3)4)21-17(19-5)20-13-16(23)22-15-9-7-6-8-10-15/h6-10,14H,11-13H2,1-5H3,(H,22,23)(H2,19,20,21). The van der Waals surface area contributed by atoms with Crippen LogP contribution in [-0.2, 0) is 4.79 Å². The summed E-state index contributed by atoms with van der Waals surface area (Å²) in [5.74, 6) is 0.552. The lowest BCUT2D eigenvalue weighted by Crippen LogP contribution is -2.45. The monoisotopic (exact) mass is 318 g/mol. The van der Waals surface area contributed by atoms with Gasteiger partial charge >= 0.3 is 0 Å². The van der Waals surface area contributed by atoms with E-state index < -0.39 is 0 Å². The third kappa shape index (κ3) is 8.86. The first-order valence-electron chi connectivity index (χ1n) is 8.12. The van der Waals surface area contributed by atoms with Gasteiger partial charge < -0.3 is 16.0 Å². The second kappa shape index (κ2) is 9.18. The van der Waals surface area contributed by atoms with Crippen LogP contribution in [0.3, 0.4) is 0 Å². The van der Waals surface area contributed by atoms with Crippen LogP contribution in [0.25, 0.3) is 0 Å². The zero-order valence-electron chi connectivity index (χ0n) is 14.9. The van der Waals surface area contributed by atoms with Crippen molar-refractivity contribution in [1.82, 2.24) is 10.6 Å². The van der Waals surface area contributed by atoms with Gasteiger partial charge in [0.15, 0.2) is 5.96 Å². The Morgan fingerprint density at radius 2 is 1.87 bits per heavy atom. The Bertz CT molecular complexity index is 506. The Balaban J connectivity index is 2.34. The average Bonchev–Trinajstić information content (AvgIpc) is 2.49. The second-order valence-electron chi connectivity index (χ2n) is 6.98. The zero-order chi connectivity index (χ0) is 17.3. The number of carbonyl (C=O) groups excluding carboxylic acids is 1. The number of benzene rings is 1. The first-order chi connectivity index (χ1) is 10.8. The fourth-order valence-corrected chi connectivity index (χ4v) is 2.04. The van der Waals surface area contributed by atoms with Gasteiger partial charge in [-0.2, -0.15) is 0 Å². The molecule has 0 aromatic heterocycles. The van der Waals surface area contributed by atoms with Crippen molar-refractivity contribution in [2.75, 3.05) is 18.9 Å². The van der Waals surface area contributed by atoms with E-state index in [0.29, 0.717) is 17.4 Å². The third-order valence-corrected chi connectivity index (χ3v) is 3.41. The highest BCUT2D eigenvalue weighted by atomic mass is 16.1. The fraction of sp³-hybridized carbons (Fsp3) is 0.556. The molecule has 0 bridgehead atoms. The number of nitrogens with zero attached hydrogens (tertiary/aromatic N) is 1. The molecule has 1 atom stereocenters.